The van der Waals surface area contributed by atoms with Gasteiger partial charge in [0.05, 0.1) is 29.0 Å². The molecule has 9 nitrogen and oxygen atoms in total. The maximum Gasteiger partial charge on any atom is 0.229 e. The van der Waals surface area contributed by atoms with E-state index in [1.54, 1.807) is 13.1 Å². The molecule has 11 heteroatoms. The Labute approximate surface area is 180 Å². The maximum atomic E-state index is 12.1. The fraction of sp³-hybridized carbons (Fsp3) is 0.579. The van der Waals surface area contributed by atoms with Crippen molar-refractivity contribution in [3.8, 4) is 6.07 Å². The summed E-state index contributed by atoms with van der Waals surface area (Å²) < 4.78 is 28.5. The van der Waals surface area contributed by atoms with Gasteiger partial charge in [-0.2, -0.15) is 14.6 Å². The molecular weight excluding hydrogens is 422 g/mol. The lowest BCUT2D eigenvalue weighted by Crippen LogP contribution is -2.76. The van der Waals surface area contributed by atoms with Crippen LogP contribution < -0.4 is 10.2 Å². The van der Waals surface area contributed by atoms with Gasteiger partial charge in [0.15, 0.2) is 9.84 Å². The maximum absolute atomic E-state index is 12.1. The van der Waals surface area contributed by atoms with Crippen molar-refractivity contribution >= 4 is 38.1 Å². The molecule has 0 radical (unpaired) electrons. The molecule has 2 aromatic rings. The van der Waals surface area contributed by atoms with Crippen molar-refractivity contribution in [1.29, 1.82) is 5.26 Å². The molecule has 0 aliphatic carbocycles. The Morgan fingerprint density at radius 2 is 2.10 bits per heavy atom. The Balaban J connectivity index is 1.46. The second-order valence-electron chi connectivity index (χ2n) is 8.05. The van der Waals surface area contributed by atoms with E-state index in [1.807, 2.05) is 19.9 Å². The molecular formula is C19H25N7O2S2. The van der Waals surface area contributed by atoms with E-state index in [2.05, 4.69) is 35.5 Å². The van der Waals surface area contributed by atoms with Crippen LogP contribution in [0.5, 0.6) is 0 Å². The minimum atomic E-state index is -3.03. The van der Waals surface area contributed by atoms with Crippen LogP contribution in [0.2, 0.25) is 0 Å². The van der Waals surface area contributed by atoms with Crippen molar-refractivity contribution in [2.45, 2.75) is 38.0 Å². The molecule has 160 valence electrons. The second-order valence-corrected chi connectivity index (χ2v) is 11.4. The number of aryl methyl sites for hydroxylation is 2. The highest BCUT2D eigenvalue weighted by atomic mass is 32.2. The van der Waals surface area contributed by atoms with Crippen molar-refractivity contribution in [3.63, 3.8) is 0 Å². The lowest BCUT2D eigenvalue weighted by molar-refractivity contribution is 0.0128. The molecule has 4 rings (SSSR count). The molecule has 0 atom stereocenters. The summed E-state index contributed by atoms with van der Waals surface area (Å²) in [5.41, 5.74) is 1.59. The van der Waals surface area contributed by atoms with E-state index in [4.69, 9.17) is 0 Å². The number of nitrogens with one attached hydrogen (secondary N) is 1. The normalized spacial score (nSPS) is 19.1. The van der Waals surface area contributed by atoms with Crippen molar-refractivity contribution in [2.24, 2.45) is 0 Å². The van der Waals surface area contributed by atoms with Crippen LogP contribution in [0.3, 0.4) is 0 Å². The monoisotopic (exact) mass is 447 g/mol. The van der Waals surface area contributed by atoms with E-state index in [-0.39, 0.29) is 16.5 Å². The molecule has 2 aromatic heterocycles. The molecule has 2 fully saturated rings. The smallest absolute Gasteiger partial charge is 0.229 e. The van der Waals surface area contributed by atoms with Crippen LogP contribution in [0.1, 0.15) is 24.6 Å². The predicted molar refractivity (Wildman–Crippen MR) is 117 cm³/mol. The molecule has 1 N–H and O–H groups in total. The van der Waals surface area contributed by atoms with E-state index in [1.165, 1.54) is 11.5 Å². The highest BCUT2D eigenvalue weighted by Gasteiger charge is 2.54. The highest BCUT2D eigenvalue weighted by Crippen LogP contribution is 2.39. The second kappa shape index (κ2) is 7.76. The number of nitrogens with zero attached hydrogens (tertiary/aromatic N) is 6. The Kier molecular flexibility index (Phi) is 5.42. The van der Waals surface area contributed by atoms with Gasteiger partial charge in [-0.3, -0.25) is 4.90 Å². The average molecular weight is 448 g/mol. The summed E-state index contributed by atoms with van der Waals surface area (Å²) in [7, 11) is -3.03. The molecule has 30 heavy (non-hydrogen) atoms. The fourth-order valence-corrected chi connectivity index (χ4v) is 5.96. The van der Waals surface area contributed by atoms with Gasteiger partial charge in [0.1, 0.15) is 10.8 Å². The molecule has 0 aromatic carbocycles. The molecule has 2 aliphatic heterocycles. The Hall–Kier alpha value is -2.29. The SMILES string of the molecule is CCS(=O)(=O)C1CN(C2(CC#N)CN(c3nc(Nc4cc(C)ns4)ncc3C)C2)C1. The Morgan fingerprint density at radius 3 is 2.70 bits per heavy atom. The van der Waals surface area contributed by atoms with Gasteiger partial charge in [0, 0.05) is 43.7 Å². The quantitative estimate of drug-likeness (QED) is 0.679. The van der Waals surface area contributed by atoms with Crippen molar-refractivity contribution < 1.29 is 8.42 Å². The summed E-state index contributed by atoms with van der Waals surface area (Å²) in [6.45, 7) is 7.90. The first kappa shape index (κ1) is 21.0. The zero-order valence-corrected chi connectivity index (χ0v) is 18.9. The van der Waals surface area contributed by atoms with E-state index in [0.717, 1.165) is 22.1 Å². The zero-order valence-electron chi connectivity index (χ0n) is 17.3. The zero-order chi connectivity index (χ0) is 21.5. The summed E-state index contributed by atoms with van der Waals surface area (Å²) >= 11 is 1.36. The van der Waals surface area contributed by atoms with Gasteiger partial charge in [-0.15, -0.1) is 0 Å². The minimum absolute atomic E-state index is 0.165. The van der Waals surface area contributed by atoms with Gasteiger partial charge in [-0.1, -0.05) is 6.92 Å². The number of sulfone groups is 1. The summed E-state index contributed by atoms with van der Waals surface area (Å²) in [5, 5.41) is 13.1. The largest absolute Gasteiger partial charge is 0.352 e. The predicted octanol–water partition coefficient (Wildman–Crippen LogP) is 1.88. The van der Waals surface area contributed by atoms with E-state index in [0.29, 0.717) is 38.5 Å². The Morgan fingerprint density at radius 1 is 1.37 bits per heavy atom. The number of likely N-dealkylation sites (tertiary alicyclic amines) is 1. The molecule has 0 amide bonds. The van der Waals surface area contributed by atoms with Crippen LogP contribution in [0.15, 0.2) is 12.3 Å². The number of rotatable bonds is 7. The van der Waals surface area contributed by atoms with Crippen LogP contribution >= 0.6 is 11.5 Å². The lowest BCUT2D eigenvalue weighted by atomic mass is 9.82. The van der Waals surface area contributed by atoms with Crippen LogP contribution in [-0.4, -0.2) is 70.4 Å². The first-order chi connectivity index (χ1) is 14.3. The van der Waals surface area contributed by atoms with Crippen LogP contribution in [-0.2, 0) is 9.84 Å². The first-order valence-corrected chi connectivity index (χ1v) is 12.4. The third kappa shape index (κ3) is 3.75. The molecule has 2 aliphatic rings. The minimum Gasteiger partial charge on any atom is -0.352 e. The van der Waals surface area contributed by atoms with E-state index in [9.17, 15) is 13.7 Å². The van der Waals surface area contributed by atoms with E-state index < -0.39 is 9.84 Å². The molecule has 0 bridgehead atoms. The number of anilines is 3. The standard InChI is InChI=1S/C19H25N7O2S2/c1-4-30(27,28)15-9-26(10-15)19(5-6-20)11-25(12-19)17-13(2)8-21-18(23-17)22-16-7-14(3)24-29-16/h7-8,15H,4-5,9-12H2,1-3H3,(H,21,22,23). The van der Waals surface area contributed by atoms with Crippen molar-refractivity contribution in [2.75, 3.05) is 42.1 Å². The number of nitriles is 1. The van der Waals surface area contributed by atoms with Crippen LogP contribution in [0.4, 0.5) is 16.8 Å². The summed E-state index contributed by atoms with van der Waals surface area (Å²) in [6.07, 6.45) is 2.16. The average Bonchev–Trinajstić information content (AvgIpc) is 3.04. The topological polar surface area (TPSA) is 115 Å². The lowest BCUT2D eigenvalue weighted by Gasteiger charge is -2.60. The van der Waals surface area contributed by atoms with Gasteiger partial charge < -0.3 is 10.2 Å². The molecule has 0 spiro atoms. The Bertz CT molecular complexity index is 1080. The molecule has 2 saturated heterocycles. The number of hydrogen-bond acceptors (Lipinski definition) is 10. The van der Waals surface area contributed by atoms with E-state index >= 15 is 0 Å². The van der Waals surface area contributed by atoms with Gasteiger partial charge in [0.2, 0.25) is 5.95 Å². The number of hydrogen-bond donors (Lipinski definition) is 1. The summed E-state index contributed by atoms with van der Waals surface area (Å²) in [4.78, 5) is 13.3. The molecule has 4 heterocycles. The van der Waals surface area contributed by atoms with Gasteiger partial charge in [0.25, 0.3) is 0 Å². The van der Waals surface area contributed by atoms with Crippen molar-refractivity contribution in [1.82, 2.24) is 19.2 Å². The third-order valence-corrected chi connectivity index (χ3v) is 8.83. The van der Waals surface area contributed by atoms with Crippen molar-refractivity contribution in [3.05, 3.63) is 23.5 Å². The first-order valence-electron chi connectivity index (χ1n) is 9.89. The summed E-state index contributed by atoms with van der Waals surface area (Å²) in [5.74, 6) is 1.51. The van der Waals surface area contributed by atoms with Crippen LogP contribution in [0, 0.1) is 25.2 Å². The van der Waals surface area contributed by atoms with Crippen LogP contribution in [0.25, 0.3) is 0 Å². The summed E-state index contributed by atoms with van der Waals surface area (Å²) in [6, 6.07) is 4.24. The molecule has 0 unspecified atom stereocenters. The van der Waals surface area contributed by atoms with Gasteiger partial charge in [-0.25, -0.2) is 13.4 Å². The molecule has 0 saturated carbocycles. The number of aromatic nitrogens is 3. The van der Waals surface area contributed by atoms with Gasteiger partial charge >= 0.3 is 0 Å². The fourth-order valence-electron chi connectivity index (χ4n) is 4.02. The highest BCUT2D eigenvalue weighted by molar-refractivity contribution is 7.92. The third-order valence-electron chi connectivity index (χ3n) is 5.92. The van der Waals surface area contributed by atoms with Gasteiger partial charge in [-0.05, 0) is 31.4 Å².